The molecule has 0 N–H and O–H groups in total. The Bertz CT molecular complexity index is 642. The van der Waals surface area contributed by atoms with Crippen LogP contribution < -0.4 is 4.74 Å². The van der Waals surface area contributed by atoms with Crippen LogP contribution in [0.3, 0.4) is 0 Å². The minimum atomic E-state index is 0.208. The van der Waals surface area contributed by atoms with Gasteiger partial charge in [-0.05, 0) is 76.4 Å². The Hall–Kier alpha value is -0.0700. The maximum absolute atomic E-state index is 5.68. The van der Waals surface area contributed by atoms with Crippen LogP contribution in [0.1, 0.15) is 27.9 Å². The average Bonchev–Trinajstić information content (AvgIpc) is 2.48. The van der Waals surface area contributed by atoms with Crippen LogP contribution in [-0.4, -0.2) is 6.61 Å². The molecule has 3 rings (SSSR count). The van der Waals surface area contributed by atoms with E-state index >= 15 is 0 Å². The van der Waals surface area contributed by atoms with Gasteiger partial charge in [0.15, 0.2) is 0 Å². The van der Waals surface area contributed by atoms with Crippen LogP contribution in [0.25, 0.3) is 0 Å². The van der Waals surface area contributed by atoms with Crippen LogP contribution in [0.15, 0.2) is 40.9 Å². The molecule has 1 nitrogen and oxygen atoms in total. The van der Waals surface area contributed by atoms with Gasteiger partial charge in [-0.15, -0.1) is 0 Å². The Morgan fingerprint density at radius 1 is 1.15 bits per heavy atom. The Kier molecular flexibility index (Phi) is 4.72. The van der Waals surface area contributed by atoms with Crippen molar-refractivity contribution in [1.82, 2.24) is 0 Å². The van der Waals surface area contributed by atoms with Gasteiger partial charge in [-0.1, -0.05) is 44.0 Å². The second-order valence-corrected chi connectivity index (χ2v) is 7.84. The Morgan fingerprint density at radius 2 is 2.00 bits per heavy atom. The Labute approximate surface area is 149 Å². The van der Waals surface area contributed by atoms with Crippen LogP contribution in [0, 0.1) is 3.57 Å². The number of fused-ring (bicyclic) bond motifs is 1. The highest BCUT2D eigenvalue weighted by Crippen LogP contribution is 2.37. The molecule has 20 heavy (non-hydrogen) atoms. The second-order valence-electron chi connectivity index (χ2n) is 4.85. The van der Waals surface area contributed by atoms with Crippen molar-refractivity contribution in [1.29, 1.82) is 0 Å². The molecule has 1 aliphatic heterocycles. The molecule has 0 aliphatic carbocycles. The molecule has 0 radical (unpaired) electrons. The minimum Gasteiger partial charge on any atom is -0.493 e. The molecule has 1 unspecified atom stereocenters. The summed E-state index contributed by atoms with van der Waals surface area (Å²) in [6, 6.07) is 12.9. The first-order valence-corrected chi connectivity index (χ1v) is 9.28. The van der Waals surface area contributed by atoms with Crippen molar-refractivity contribution in [2.75, 3.05) is 6.61 Å². The molecular weight excluding hydrogens is 495 g/mol. The molecule has 0 amide bonds. The number of ether oxygens (including phenoxy) is 1. The van der Waals surface area contributed by atoms with E-state index in [4.69, 9.17) is 4.74 Å². The number of rotatable bonds is 2. The van der Waals surface area contributed by atoms with E-state index in [9.17, 15) is 0 Å². The van der Waals surface area contributed by atoms with E-state index in [1.54, 1.807) is 0 Å². The summed E-state index contributed by atoms with van der Waals surface area (Å²) in [6.45, 7) is 0.841. The van der Waals surface area contributed by atoms with E-state index in [2.05, 4.69) is 90.8 Å². The number of alkyl halides is 1. The largest absolute Gasteiger partial charge is 0.493 e. The number of hydrogen-bond donors (Lipinski definition) is 0. The highest BCUT2D eigenvalue weighted by molar-refractivity contribution is 14.1. The van der Waals surface area contributed by atoms with Crippen LogP contribution in [0.4, 0.5) is 0 Å². The summed E-state index contributed by atoms with van der Waals surface area (Å²) in [7, 11) is 0. The third-order valence-corrected chi connectivity index (χ3v) is 5.95. The lowest BCUT2D eigenvalue weighted by Gasteiger charge is -2.20. The zero-order chi connectivity index (χ0) is 14.1. The fraction of sp³-hybridized carbons (Fsp3) is 0.250. The molecule has 1 atom stereocenters. The molecule has 2 aromatic rings. The first kappa shape index (κ1) is 14.9. The lowest BCUT2D eigenvalue weighted by atomic mass is 9.99. The van der Waals surface area contributed by atoms with Crippen molar-refractivity contribution in [3.63, 3.8) is 0 Å². The SMILES string of the molecule is Brc1ccc(I)c(C(Br)c2ccc3c(c2)CCCO3)c1. The molecule has 0 spiro atoms. The topological polar surface area (TPSA) is 9.23 Å². The van der Waals surface area contributed by atoms with Crippen molar-refractivity contribution >= 4 is 54.5 Å². The summed E-state index contributed by atoms with van der Waals surface area (Å²) < 4.78 is 8.06. The molecular formula is C16H13Br2IO. The molecule has 2 aromatic carbocycles. The van der Waals surface area contributed by atoms with Crippen molar-refractivity contribution < 1.29 is 4.74 Å². The van der Waals surface area contributed by atoms with Crippen LogP contribution in [0.2, 0.25) is 0 Å². The highest BCUT2D eigenvalue weighted by atomic mass is 127. The van der Waals surface area contributed by atoms with Crippen LogP contribution in [-0.2, 0) is 6.42 Å². The number of aryl methyl sites for hydroxylation is 1. The minimum absolute atomic E-state index is 0.208. The first-order valence-electron chi connectivity index (χ1n) is 6.50. The molecule has 0 fully saturated rings. The normalized spacial score (nSPS) is 15.3. The Balaban J connectivity index is 1.97. The molecule has 104 valence electrons. The van der Waals surface area contributed by atoms with Gasteiger partial charge in [0.05, 0.1) is 11.4 Å². The van der Waals surface area contributed by atoms with Gasteiger partial charge in [0, 0.05) is 8.04 Å². The molecule has 0 saturated carbocycles. The summed E-state index contributed by atoms with van der Waals surface area (Å²) in [5, 5.41) is 0. The van der Waals surface area contributed by atoms with Crippen LogP contribution in [0.5, 0.6) is 5.75 Å². The quantitative estimate of drug-likeness (QED) is 0.365. The van der Waals surface area contributed by atoms with Crippen molar-refractivity contribution in [3.05, 3.63) is 61.1 Å². The molecule has 1 heterocycles. The lowest BCUT2D eigenvalue weighted by Crippen LogP contribution is -2.09. The van der Waals surface area contributed by atoms with Gasteiger partial charge in [0.2, 0.25) is 0 Å². The number of hydrogen-bond acceptors (Lipinski definition) is 1. The maximum atomic E-state index is 5.68. The van der Waals surface area contributed by atoms with E-state index in [0.29, 0.717) is 0 Å². The molecule has 0 aromatic heterocycles. The van der Waals surface area contributed by atoms with E-state index in [0.717, 1.165) is 29.7 Å². The van der Waals surface area contributed by atoms with E-state index in [1.165, 1.54) is 20.3 Å². The smallest absolute Gasteiger partial charge is 0.122 e. The molecule has 1 aliphatic rings. The molecule has 4 heteroatoms. The van der Waals surface area contributed by atoms with Crippen molar-refractivity contribution in [3.8, 4) is 5.75 Å². The zero-order valence-electron chi connectivity index (χ0n) is 10.7. The van der Waals surface area contributed by atoms with Gasteiger partial charge in [-0.25, -0.2) is 0 Å². The van der Waals surface area contributed by atoms with E-state index in [1.807, 2.05) is 0 Å². The Morgan fingerprint density at radius 3 is 2.85 bits per heavy atom. The predicted molar refractivity (Wildman–Crippen MR) is 97.9 cm³/mol. The summed E-state index contributed by atoms with van der Waals surface area (Å²) in [6.07, 6.45) is 2.22. The fourth-order valence-electron chi connectivity index (χ4n) is 2.43. The number of benzene rings is 2. The van der Waals surface area contributed by atoms with Gasteiger partial charge in [-0.2, -0.15) is 0 Å². The fourth-order valence-corrected chi connectivity index (χ4v) is 4.54. The van der Waals surface area contributed by atoms with Crippen molar-refractivity contribution in [2.45, 2.75) is 17.7 Å². The zero-order valence-corrected chi connectivity index (χ0v) is 16.0. The maximum Gasteiger partial charge on any atom is 0.122 e. The third kappa shape index (κ3) is 3.07. The lowest BCUT2D eigenvalue weighted by molar-refractivity contribution is 0.288. The third-order valence-electron chi connectivity index (χ3n) is 3.46. The van der Waals surface area contributed by atoms with E-state index < -0.39 is 0 Å². The van der Waals surface area contributed by atoms with Crippen molar-refractivity contribution in [2.24, 2.45) is 0 Å². The predicted octanol–water partition coefficient (Wildman–Crippen LogP) is 5.86. The molecule has 0 bridgehead atoms. The summed E-state index contributed by atoms with van der Waals surface area (Å²) in [5.74, 6) is 1.05. The average molecular weight is 508 g/mol. The summed E-state index contributed by atoms with van der Waals surface area (Å²) in [5.41, 5.74) is 3.89. The highest BCUT2D eigenvalue weighted by Gasteiger charge is 2.17. The first-order chi connectivity index (χ1) is 9.65. The van der Waals surface area contributed by atoms with Gasteiger partial charge in [0.1, 0.15) is 5.75 Å². The monoisotopic (exact) mass is 506 g/mol. The summed E-state index contributed by atoms with van der Waals surface area (Å²) >= 11 is 9.78. The van der Waals surface area contributed by atoms with Gasteiger partial charge < -0.3 is 4.74 Å². The molecule has 0 saturated heterocycles. The second kappa shape index (κ2) is 6.36. The van der Waals surface area contributed by atoms with Gasteiger partial charge >= 0.3 is 0 Å². The summed E-state index contributed by atoms with van der Waals surface area (Å²) in [4.78, 5) is 0.208. The van der Waals surface area contributed by atoms with Crippen LogP contribution >= 0.6 is 54.5 Å². The standard InChI is InChI=1S/C16H13Br2IO/c17-12-4-5-14(19)13(9-12)16(18)11-3-6-15-10(8-11)2-1-7-20-15/h3-6,8-9,16H,1-2,7H2. The number of halogens is 3. The van der Waals surface area contributed by atoms with Gasteiger partial charge in [-0.3, -0.25) is 0 Å². The van der Waals surface area contributed by atoms with E-state index in [-0.39, 0.29) is 4.83 Å². The van der Waals surface area contributed by atoms with Gasteiger partial charge in [0.25, 0.3) is 0 Å².